The van der Waals surface area contributed by atoms with Crippen molar-refractivity contribution in [2.45, 2.75) is 13.1 Å². The maximum atomic E-state index is 13.4. The molecule has 0 aromatic heterocycles. The van der Waals surface area contributed by atoms with E-state index in [2.05, 4.69) is 29.4 Å². The van der Waals surface area contributed by atoms with Gasteiger partial charge in [0, 0.05) is 29.9 Å². The number of nitrogens with one attached hydrogen (secondary N) is 2. The lowest BCUT2D eigenvalue weighted by molar-refractivity contribution is -0.117. The van der Waals surface area contributed by atoms with Gasteiger partial charge in [-0.15, -0.1) is 0 Å². The molecule has 0 atom stereocenters. The fraction of sp³-hybridized carbons (Fsp3) is 0.0488. The molecule has 0 radical (unpaired) electrons. The average Bonchev–Trinajstić information content (AvgIpc) is 3.12. The second-order valence-electron chi connectivity index (χ2n) is 10.5. The van der Waals surface area contributed by atoms with E-state index in [4.69, 9.17) is 0 Å². The molecule has 0 spiro atoms. The molecule has 46 heavy (non-hydrogen) atoms. The van der Waals surface area contributed by atoms with Crippen LogP contribution in [0.3, 0.4) is 0 Å². The highest BCUT2D eigenvalue weighted by Crippen LogP contribution is 2.30. The number of hydrogen-bond acceptors (Lipinski definition) is 4. The number of allylic oxidation sites excluding steroid dienone is 1. The van der Waals surface area contributed by atoms with Crippen molar-refractivity contribution in [3.63, 3.8) is 0 Å². The van der Waals surface area contributed by atoms with E-state index in [1.54, 1.807) is 0 Å². The Kier molecular flexibility index (Phi) is 10.3. The Morgan fingerprint density at radius 3 is 1.28 bits per heavy atom. The average molecular weight is 597 g/mol. The van der Waals surface area contributed by atoms with Gasteiger partial charge in [-0.1, -0.05) is 152 Å². The number of benzene rings is 5. The van der Waals surface area contributed by atoms with E-state index in [0.29, 0.717) is 23.4 Å². The Morgan fingerprint density at radius 1 is 0.522 bits per heavy atom. The van der Waals surface area contributed by atoms with Crippen molar-refractivity contribution < 1.29 is 4.79 Å². The normalized spacial score (nSPS) is 10.0. The van der Waals surface area contributed by atoms with Gasteiger partial charge in [0.2, 0.25) is 0 Å². The second-order valence-corrected chi connectivity index (χ2v) is 10.5. The van der Waals surface area contributed by atoms with Gasteiger partial charge < -0.3 is 10.6 Å². The summed E-state index contributed by atoms with van der Waals surface area (Å²) in [6.45, 7) is 4.88. The SMILES string of the molecule is C=C(NCc1cccc(CNC(=O)C(C#N)=C(c2ccccc2)c2ccccc2)c1)C(C#N)=C(c1ccccc1)c1ccccc1. The van der Waals surface area contributed by atoms with Crippen LogP contribution in [0.1, 0.15) is 33.4 Å². The Balaban J connectivity index is 1.33. The van der Waals surface area contributed by atoms with E-state index in [1.807, 2.05) is 146 Å². The minimum absolute atomic E-state index is 0.0509. The summed E-state index contributed by atoms with van der Waals surface area (Å²) in [5.41, 5.74) is 7.71. The molecule has 0 aliphatic carbocycles. The van der Waals surface area contributed by atoms with Crippen LogP contribution in [0.25, 0.3) is 11.1 Å². The summed E-state index contributed by atoms with van der Waals surface area (Å²) in [6, 6.07) is 50.9. The third kappa shape index (κ3) is 7.55. The lowest BCUT2D eigenvalue weighted by atomic mass is 9.92. The summed E-state index contributed by atoms with van der Waals surface area (Å²) < 4.78 is 0. The van der Waals surface area contributed by atoms with Gasteiger partial charge in [-0.05, 0) is 33.4 Å². The first-order valence-electron chi connectivity index (χ1n) is 14.9. The van der Waals surface area contributed by atoms with Crippen LogP contribution in [0, 0.1) is 22.7 Å². The molecular formula is C41H32N4O. The highest BCUT2D eigenvalue weighted by molar-refractivity contribution is 6.08. The molecule has 1 amide bonds. The fourth-order valence-corrected chi connectivity index (χ4v) is 5.24. The molecule has 0 aliphatic heterocycles. The number of carbonyl (C=O) groups excluding carboxylic acids is 1. The standard InChI is InChI=1S/C41H32N4O/c1-30(37(26-42)39(33-17-6-2-7-18-33)34-19-8-3-9-20-34)44-28-31-15-14-16-32(25-31)29-45-41(46)38(27-43)40(35-21-10-4-11-22-35)36-23-12-5-13-24-36/h2-25,44H,1,28-29H2,(H,45,46). The van der Waals surface area contributed by atoms with Crippen molar-refractivity contribution in [3.05, 3.63) is 202 Å². The Bertz CT molecular complexity index is 1740. The molecule has 0 fully saturated rings. The number of carbonyl (C=O) groups is 1. The van der Waals surface area contributed by atoms with E-state index < -0.39 is 5.91 Å². The van der Waals surface area contributed by atoms with Gasteiger partial charge in [0.25, 0.3) is 5.91 Å². The summed E-state index contributed by atoms with van der Waals surface area (Å²) in [5, 5.41) is 26.6. The summed E-state index contributed by atoms with van der Waals surface area (Å²) >= 11 is 0. The molecule has 2 N–H and O–H groups in total. The van der Waals surface area contributed by atoms with Gasteiger partial charge in [-0.25, -0.2) is 0 Å². The smallest absolute Gasteiger partial charge is 0.262 e. The van der Waals surface area contributed by atoms with Gasteiger partial charge in [0.15, 0.2) is 0 Å². The first-order chi connectivity index (χ1) is 22.6. The molecule has 0 saturated carbocycles. The van der Waals surface area contributed by atoms with Crippen molar-refractivity contribution in [1.82, 2.24) is 10.6 Å². The van der Waals surface area contributed by atoms with E-state index in [1.165, 1.54) is 0 Å². The lowest BCUT2D eigenvalue weighted by Crippen LogP contribution is -2.25. The van der Waals surface area contributed by atoms with Crippen molar-refractivity contribution in [3.8, 4) is 12.1 Å². The van der Waals surface area contributed by atoms with Crippen LogP contribution in [0.15, 0.2) is 169 Å². The van der Waals surface area contributed by atoms with E-state index >= 15 is 0 Å². The zero-order valence-corrected chi connectivity index (χ0v) is 25.3. The van der Waals surface area contributed by atoms with Crippen LogP contribution in [-0.2, 0) is 17.9 Å². The molecule has 222 valence electrons. The summed E-state index contributed by atoms with van der Waals surface area (Å²) in [7, 11) is 0. The van der Waals surface area contributed by atoms with E-state index in [-0.39, 0.29) is 12.1 Å². The fourth-order valence-electron chi connectivity index (χ4n) is 5.24. The Morgan fingerprint density at radius 2 is 0.891 bits per heavy atom. The van der Waals surface area contributed by atoms with Crippen molar-refractivity contribution in [1.29, 1.82) is 10.5 Å². The maximum Gasteiger partial charge on any atom is 0.262 e. The molecule has 0 bridgehead atoms. The van der Waals surface area contributed by atoms with Crippen LogP contribution < -0.4 is 10.6 Å². The summed E-state index contributed by atoms with van der Waals surface area (Å²) in [6.07, 6.45) is 0. The molecule has 0 saturated heterocycles. The third-order valence-electron chi connectivity index (χ3n) is 7.45. The predicted molar refractivity (Wildman–Crippen MR) is 183 cm³/mol. The largest absolute Gasteiger partial charge is 0.380 e. The van der Waals surface area contributed by atoms with Crippen LogP contribution in [0.5, 0.6) is 0 Å². The quantitative estimate of drug-likeness (QED) is 0.0920. The van der Waals surface area contributed by atoms with Crippen molar-refractivity contribution >= 4 is 17.1 Å². The molecule has 0 aliphatic rings. The molecule has 5 aromatic carbocycles. The van der Waals surface area contributed by atoms with Crippen LogP contribution in [0.4, 0.5) is 0 Å². The third-order valence-corrected chi connectivity index (χ3v) is 7.45. The zero-order chi connectivity index (χ0) is 32.1. The topological polar surface area (TPSA) is 88.7 Å². The summed E-state index contributed by atoms with van der Waals surface area (Å²) in [5.74, 6) is -0.444. The van der Waals surface area contributed by atoms with Crippen LogP contribution in [-0.4, -0.2) is 5.91 Å². The molecule has 5 nitrogen and oxygen atoms in total. The molecule has 0 heterocycles. The zero-order valence-electron chi connectivity index (χ0n) is 25.3. The number of rotatable bonds is 11. The first kappa shape index (κ1) is 31.0. The van der Waals surface area contributed by atoms with Crippen LogP contribution in [0.2, 0.25) is 0 Å². The number of nitrogens with zero attached hydrogens (tertiary/aromatic N) is 2. The predicted octanol–water partition coefficient (Wildman–Crippen LogP) is 7.96. The number of hydrogen-bond donors (Lipinski definition) is 2. The van der Waals surface area contributed by atoms with Gasteiger partial charge in [0.05, 0.1) is 5.57 Å². The van der Waals surface area contributed by atoms with E-state index in [0.717, 1.165) is 39.0 Å². The molecular weight excluding hydrogens is 564 g/mol. The van der Waals surface area contributed by atoms with Gasteiger partial charge >= 0.3 is 0 Å². The monoisotopic (exact) mass is 596 g/mol. The minimum Gasteiger partial charge on any atom is -0.380 e. The maximum absolute atomic E-state index is 13.4. The highest BCUT2D eigenvalue weighted by Gasteiger charge is 2.19. The Labute approximate surface area is 270 Å². The van der Waals surface area contributed by atoms with Gasteiger partial charge in [0.1, 0.15) is 17.7 Å². The molecule has 5 rings (SSSR count). The molecule has 5 heteroatoms. The van der Waals surface area contributed by atoms with Gasteiger partial charge in [-0.3, -0.25) is 4.79 Å². The van der Waals surface area contributed by atoms with Crippen molar-refractivity contribution in [2.24, 2.45) is 0 Å². The van der Waals surface area contributed by atoms with Gasteiger partial charge in [-0.2, -0.15) is 10.5 Å². The van der Waals surface area contributed by atoms with Crippen LogP contribution >= 0.6 is 0 Å². The Hall–Kier alpha value is -6.43. The number of amides is 1. The van der Waals surface area contributed by atoms with E-state index in [9.17, 15) is 15.3 Å². The highest BCUT2D eigenvalue weighted by atomic mass is 16.1. The molecule has 5 aromatic rings. The molecule has 0 unspecified atom stereocenters. The first-order valence-corrected chi connectivity index (χ1v) is 14.9. The number of nitriles is 2. The second kappa shape index (κ2) is 15.3. The minimum atomic E-state index is -0.444. The summed E-state index contributed by atoms with van der Waals surface area (Å²) in [4.78, 5) is 13.4. The van der Waals surface area contributed by atoms with Crippen molar-refractivity contribution in [2.75, 3.05) is 0 Å². The lowest BCUT2D eigenvalue weighted by Gasteiger charge is -2.16.